The summed E-state index contributed by atoms with van der Waals surface area (Å²) in [5, 5.41) is 23.6. The molecule has 1 fully saturated rings. The second-order valence-corrected chi connectivity index (χ2v) is 4.40. The van der Waals surface area contributed by atoms with Gasteiger partial charge in [-0.25, -0.2) is 0 Å². The second kappa shape index (κ2) is 5.25. The number of aliphatic hydroxyl groups is 1. The van der Waals surface area contributed by atoms with Crippen LogP contribution in [0.2, 0.25) is 0 Å². The molecule has 2 rings (SSSR count). The van der Waals surface area contributed by atoms with E-state index in [1.165, 1.54) is 31.4 Å². The summed E-state index contributed by atoms with van der Waals surface area (Å²) >= 11 is 0. The van der Waals surface area contributed by atoms with Crippen molar-refractivity contribution in [2.45, 2.75) is 31.4 Å². The summed E-state index contributed by atoms with van der Waals surface area (Å²) in [7, 11) is 0. The molecule has 0 aliphatic heterocycles. The quantitative estimate of drug-likeness (QED) is 0.603. The summed E-state index contributed by atoms with van der Waals surface area (Å²) < 4.78 is 0. The maximum Gasteiger partial charge on any atom is 0.269 e. The predicted octanol–water partition coefficient (Wildman–Crippen LogP) is 1.77. The van der Waals surface area contributed by atoms with E-state index in [4.69, 9.17) is 0 Å². The lowest BCUT2D eigenvalue weighted by Gasteiger charge is -2.27. The Balaban J connectivity index is 1.89. The van der Waals surface area contributed by atoms with E-state index < -0.39 is 11.0 Å². The number of aliphatic hydroxyl groups excluding tert-OH is 1. The lowest BCUT2D eigenvalue weighted by molar-refractivity contribution is -0.384. The molecule has 0 aromatic heterocycles. The molecule has 1 aliphatic carbocycles. The summed E-state index contributed by atoms with van der Waals surface area (Å²) in [6, 6.07) is 6.57. The third-order valence-electron chi connectivity index (χ3n) is 3.19. The highest BCUT2D eigenvalue weighted by Crippen LogP contribution is 2.20. The fourth-order valence-corrected chi connectivity index (χ4v) is 1.83. The first-order valence-electron chi connectivity index (χ1n) is 5.82. The molecule has 0 spiro atoms. The largest absolute Gasteiger partial charge is 0.387 e. The van der Waals surface area contributed by atoms with Crippen LogP contribution in [0, 0.1) is 10.1 Å². The number of benzene rings is 1. The topological polar surface area (TPSA) is 75.4 Å². The van der Waals surface area contributed by atoms with Crippen LogP contribution >= 0.6 is 0 Å². The first-order valence-corrected chi connectivity index (χ1v) is 5.82. The Morgan fingerprint density at radius 1 is 1.41 bits per heavy atom. The van der Waals surface area contributed by atoms with Gasteiger partial charge < -0.3 is 10.4 Å². The van der Waals surface area contributed by atoms with Crippen molar-refractivity contribution in [3.63, 3.8) is 0 Å². The summed E-state index contributed by atoms with van der Waals surface area (Å²) in [4.78, 5) is 10.0. The minimum Gasteiger partial charge on any atom is -0.387 e. The molecule has 0 heterocycles. The third-order valence-corrected chi connectivity index (χ3v) is 3.19. The minimum absolute atomic E-state index is 0.0490. The molecule has 1 aromatic carbocycles. The first kappa shape index (κ1) is 12.0. The number of nitro groups is 1. The van der Waals surface area contributed by atoms with E-state index in [1.54, 1.807) is 12.1 Å². The van der Waals surface area contributed by atoms with Gasteiger partial charge in [0.1, 0.15) is 0 Å². The fourth-order valence-electron chi connectivity index (χ4n) is 1.83. The van der Waals surface area contributed by atoms with E-state index in [0.29, 0.717) is 18.2 Å². The lowest BCUT2D eigenvalue weighted by atomic mass is 9.93. The third kappa shape index (κ3) is 3.01. The zero-order valence-corrected chi connectivity index (χ0v) is 9.50. The molecule has 1 aromatic rings. The molecule has 5 heteroatoms. The van der Waals surface area contributed by atoms with Crippen molar-refractivity contribution in [3.8, 4) is 0 Å². The molecule has 0 bridgehead atoms. The Kier molecular flexibility index (Phi) is 3.71. The van der Waals surface area contributed by atoms with Crippen LogP contribution in [-0.4, -0.2) is 22.6 Å². The van der Waals surface area contributed by atoms with Crippen LogP contribution in [0.15, 0.2) is 24.3 Å². The maximum absolute atomic E-state index is 10.5. The van der Waals surface area contributed by atoms with E-state index in [2.05, 4.69) is 5.32 Å². The van der Waals surface area contributed by atoms with Crippen LogP contribution in [0.4, 0.5) is 5.69 Å². The van der Waals surface area contributed by atoms with Crippen molar-refractivity contribution in [2.24, 2.45) is 0 Å². The number of rotatable bonds is 5. The number of nitrogens with zero attached hydrogens (tertiary/aromatic N) is 1. The van der Waals surface area contributed by atoms with E-state index in [-0.39, 0.29) is 5.69 Å². The van der Waals surface area contributed by atoms with Crippen molar-refractivity contribution < 1.29 is 10.0 Å². The molecular formula is C12H16N2O3. The molecule has 2 N–H and O–H groups in total. The predicted molar refractivity (Wildman–Crippen MR) is 63.7 cm³/mol. The molecule has 92 valence electrons. The molecule has 1 saturated carbocycles. The molecule has 1 atom stereocenters. The lowest BCUT2D eigenvalue weighted by Crippen LogP contribution is -2.37. The Morgan fingerprint density at radius 3 is 2.53 bits per heavy atom. The molecule has 0 saturated heterocycles. The van der Waals surface area contributed by atoms with Crippen LogP contribution in [0.1, 0.15) is 30.9 Å². The monoisotopic (exact) mass is 236 g/mol. The fraction of sp³-hybridized carbons (Fsp3) is 0.500. The van der Waals surface area contributed by atoms with E-state index in [0.717, 1.165) is 0 Å². The Bertz CT molecular complexity index is 387. The van der Waals surface area contributed by atoms with E-state index >= 15 is 0 Å². The van der Waals surface area contributed by atoms with Gasteiger partial charge in [0, 0.05) is 24.7 Å². The highest BCUT2D eigenvalue weighted by molar-refractivity contribution is 5.33. The van der Waals surface area contributed by atoms with Crippen molar-refractivity contribution in [1.82, 2.24) is 5.32 Å². The molecular weight excluding hydrogens is 220 g/mol. The van der Waals surface area contributed by atoms with Crippen molar-refractivity contribution in [1.29, 1.82) is 0 Å². The van der Waals surface area contributed by atoms with Gasteiger partial charge in [0.2, 0.25) is 0 Å². The molecule has 5 nitrogen and oxygen atoms in total. The number of hydrogen-bond acceptors (Lipinski definition) is 4. The highest BCUT2D eigenvalue weighted by atomic mass is 16.6. The van der Waals surface area contributed by atoms with Gasteiger partial charge in [0.25, 0.3) is 5.69 Å². The van der Waals surface area contributed by atoms with E-state index in [9.17, 15) is 15.2 Å². The number of nitro benzene ring substituents is 1. The zero-order valence-electron chi connectivity index (χ0n) is 9.50. The average Bonchev–Trinajstić information content (AvgIpc) is 2.27. The molecule has 0 radical (unpaired) electrons. The Hall–Kier alpha value is -1.46. The number of nitrogens with one attached hydrogen (secondary N) is 1. The van der Waals surface area contributed by atoms with Crippen LogP contribution in [0.3, 0.4) is 0 Å². The van der Waals surface area contributed by atoms with Gasteiger partial charge in [-0.2, -0.15) is 0 Å². The highest BCUT2D eigenvalue weighted by Gasteiger charge is 2.18. The first-order chi connectivity index (χ1) is 8.16. The summed E-state index contributed by atoms with van der Waals surface area (Å²) in [5.41, 5.74) is 0.760. The molecule has 1 unspecified atom stereocenters. The molecule has 1 aliphatic rings. The van der Waals surface area contributed by atoms with Crippen molar-refractivity contribution in [2.75, 3.05) is 6.54 Å². The SMILES string of the molecule is O=[N+]([O-])c1ccc(C(O)CNC2CCC2)cc1. The van der Waals surface area contributed by atoms with Crippen molar-refractivity contribution >= 4 is 5.69 Å². The van der Waals surface area contributed by atoms with E-state index in [1.807, 2.05) is 0 Å². The molecule has 17 heavy (non-hydrogen) atoms. The Morgan fingerprint density at radius 2 is 2.06 bits per heavy atom. The summed E-state index contributed by atoms with van der Waals surface area (Å²) in [6.07, 6.45) is 3.00. The number of hydrogen-bond donors (Lipinski definition) is 2. The average molecular weight is 236 g/mol. The molecule has 0 amide bonds. The van der Waals surface area contributed by atoms with Gasteiger partial charge in [-0.3, -0.25) is 10.1 Å². The zero-order chi connectivity index (χ0) is 12.3. The van der Waals surface area contributed by atoms with Crippen LogP contribution in [-0.2, 0) is 0 Å². The van der Waals surface area contributed by atoms with Gasteiger partial charge in [0.05, 0.1) is 11.0 Å². The van der Waals surface area contributed by atoms with Gasteiger partial charge in [-0.15, -0.1) is 0 Å². The smallest absolute Gasteiger partial charge is 0.269 e. The summed E-state index contributed by atoms with van der Waals surface area (Å²) in [6.45, 7) is 0.502. The Labute approximate surface area is 99.6 Å². The minimum atomic E-state index is -0.601. The van der Waals surface area contributed by atoms with Crippen LogP contribution in [0.25, 0.3) is 0 Å². The van der Waals surface area contributed by atoms with Crippen LogP contribution < -0.4 is 5.32 Å². The van der Waals surface area contributed by atoms with Crippen molar-refractivity contribution in [3.05, 3.63) is 39.9 Å². The maximum atomic E-state index is 10.5. The standard InChI is InChI=1S/C12H16N2O3/c15-12(8-13-10-2-1-3-10)9-4-6-11(7-5-9)14(16)17/h4-7,10,12-13,15H,1-3,8H2. The summed E-state index contributed by atoms with van der Waals surface area (Å²) in [5.74, 6) is 0. The van der Waals surface area contributed by atoms with Gasteiger partial charge in [-0.05, 0) is 30.5 Å². The van der Waals surface area contributed by atoms with Crippen LogP contribution in [0.5, 0.6) is 0 Å². The second-order valence-electron chi connectivity index (χ2n) is 4.40. The van der Waals surface area contributed by atoms with Gasteiger partial charge in [-0.1, -0.05) is 6.42 Å². The number of non-ortho nitro benzene ring substituents is 1. The van der Waals surface area contributed by atoms with Gasteiger partial charge >= 0.3 is 0 Å². The van der Waals surface area contributed by atoms with Gasteiger partial charge in [0.15, 0.2) is 0 Å². The normalized spacial score (nSPS) is 17.5.